The first-order valence-corrected chi connectivity index (χ1v) is 9.18. The minimum Gasteiger partial charge on any atom is -0.370 e. The Bertz CT molecular complexity index is 922. The fourth-order valence-electron chi connectivity index (χ4n) is 3.02. The van der Waals surface area contributed by atoms with Crippen LogP contribution in [0, 0.1) is 0 Å². The van der Waals surface area contributed by atoms with Gasteiger partial charge in [0.05, 0.1) is 18.1 Å². The van der Waals surface area contributed by atoms with Gasteiger partial charge in [-0.25, -0.2) is 9.97 Å². The Labute approximate surface area is 158 Å². The number of benzene rings is 1. The van der Waals surface area contributed by atoms with Crippen LogP contribution in [0.25, 0.3) is 11.0 Å². The maximum atomic E-state index is 6.10. The van der Waals surface area contributed by atoms with Crippen LogP contribution in [0.3, 0.4) is 0 Å². The van der Waals surface area contributed by atoms with Crippen LogP contribution in [0.4, 0.5) is 11.5 Å². The molecule has 2 aromatic heterocycles. The van der Waals surface area contributed by atoms with E-state index in [0.717, 1.165) is 35.4 Å². The minimum atomic E-state index is 0.418. The SMILES string of the molecule is CCc1cccc(CC)c1NC(N)=NCCNc1ncnc2c1cnn2C. The predicted octanol–water partition coefficient (Wildman–Crippen LogP) is 2.33. The third-order valence-electron chi connectivity index (χ3n) is 4.47. The molecule has 3 rings (SSSR count). The van der Waals surface area contributed by atoms with Gasteiger partial charge in [-0.2, -0.15) is 5.10 Å². The molecule has 0 aliphatic carbocycles. The van der Waals surface area contributed by atoms with E-state index in [2.05, 4.69) is 62.7 Å². The van der Waals surface area contributed by atoms with E-state index in [4.69, 9.17) is 5.73 Å². The van der Waals surface area contributed by atoms with E-state index in [1.165, 1.54) is 17.5 Å². The number of aryl methyl sites for hydroxylation is 3. The van der Waals surface area contributed by atoms with Crippen molar-refractivity contribution in [2.24, 2.45) is 17.8 Å². The lowest BCUT2D eigenvalue weighted by atomic mass is 10.0. The maximum absolute atomic E-state index is 6.10. The quantitative estimate of drug-likeness (QED) is 0.337. The van der Waals surface area contributed by atoms with Crippen LogP contribution in [-0.4, -0.2) is 38.8 Å². The molecule has 8 heteroatoms. The Balaban J connectivity index is 1.62. The molecule has 0 saturated carbocycles. The number of aliphatic imine (C=N–C) groups is 1. The first-order chi connectivity index (χ1) is 13.1. The first-order valence-electron chi connectivity index (χ1n) is 9.18. The summed E-state index contributed by atoms with van der Waals surface area (Å²) in [4.78, 5) is 12.9. The maximum Gasteiger partial charge on any atom is 0.193 e. The van der Waals surface area contributed by atoms with E-state index >= 15 is 0 Å². The average molecular weight is 366 g/mol. The van der Waals surface area contributed by atoms with Crippen LogP contribution >= 0.6 is 0 Å². The van der Waals surface area contributed by atoms with Gasteiger partial charge in [0.15, 0.2) is 11.6 Å². The summed E-state index contributed by atoms with van der Waals surface area (Å²) in [6, 6.07) is 6.32. The van der Waals surface area contributed by atoms with Crippen LogP contribution < -0.4 is 16.4 Å². The average Bonchev–Trinajstić information content (AvgIpc) is 3.07. The zero-order valence-corrected chi connectivity index (χ0v) is 16.0. The van der Waals surface area contributed by atoms with Crippen molar-refractivity contribution < 1.29 is 0 Å². The van der Waals surface area contributed by atoms with Gasteiger partial charge in [-0.3, -0.25) is 9.67 Å². The van der Waals surface area contributed by atoms with E-state index < -0.39 is 0 Å². The number of nitrogens with one attached hydrogen (secondary N) is 2. The van der Waals surface area contributed by atoms with E-state index in [-0.39, 0.29) is 0 Å². The van der Waals surface area contributed by atoms with Gasteiger partial charge in [0.2, 0.25) is 0 Å². The van der Waals surface area contributed by atoms with E-state index in [9.17, 15) is 0 Å². The molecule has 0 fully saturated rings. The van der Waals surface area contributed by atoms with Gasteiger partial charge in [-0.1, -0.05) is 32.0 Å². The fourth-order valence-corrected chi connectivity index (χ4v) is 3.02. The van der Waals surface area contributed by atoms with Crippen molar-refractivity contribution in [1.29, 1.82) is 0 Å². The number of guanidine groups is 1. The number of nitrogens with zero attached hydrogens (tertiary/aromatic N) is 5. The molecule has 0 bridgehead atoms. The fraction of sp³-hybridized carbons (Fsp3) is 0.368. The highest BCUT2D eigenvalue weighted by molar-refractivity contribution is 5.94. The highest BCUT2D eigenvalue weighted by atomic mass is 15.3. The van der Waals surface area contributed by atoms with Gasteiger partial charge in [-0.05, 0) is 24.0 Å². The molecule has 0 aliphatic rings. The molecule has 8 nitrogen and oxygen atoms in total. The third kappa shape index (κ3) is 4.16. The van der Waals surface area contributed by atoms with Gasteiger partial charge < -0.3 is 16.4 Å². The van der Waals surface area contributed by atoms with Crippen LogP contribution in [0.1, 0.15) is 25.0 Å². The minimum absolute atomic E-state index is 0.418. The molecule has 27 heavy (non-hydrogen) atoms. The number of aromatic nitrogens is 4. The molecule has 142 valence electrons. The molecular formula is C19H26N8. The monoisotopic (exact) mass is 366 g/mol. The molecule has 3 aromatic rings. The summed E-state index contributed by atoms with van der Waals surface area (Å²) in [7, 11) is 1.86. The van der Waals surface area contributed by atoms with E-state index in [0.29, 0.717) is 19.0 Å². The zero-order chi connectivity index (χ0) is 19.2. The van der Waals surface area contributed by atoms with Crippen molar-refractivity contribution in [3.05, 3.63) is 41.9 Å². The molecule has 0 aliphatic heterocycles. The van der Waals surface area contributed by atoms with Crippen LogP contribution in [0.15, 0.2) is 35.7 Å². The van der Waals surface area contributed by atoms with Gasteiger partial charge in [0, 0.05) is 19.3 Å². The number of hydrogen-bond acceptors (Lipinski definition) is 5. The number of nitrogens with two attached hydrogens (primary N) is 1. The lowest BCUT2D eigenvalue weighted by Crippen LogP contribution is -2.25. The van der Waals surface area contributed by atoms with E-state index in [1.54, 1.807) is 10.9 Å². The van der Waals surface area contributed by atoms with Crippen molar-refractivity contribution in [2.45, 2.75) is 26.7 Å². The van der Waals surface area contributed by atoms with Crippen LogP contribution in [-0.2, 0) is 19.9 Å². The Hall–Kier alpha value is -3.16. The highest BCUT2D eigenvalue weighted by Crippen LogP contribution is 2.22. The Morgan fingerprint density at radius 3 is 2.63 bits per heavy atom. The Morgan fingerprint density at radius 1 is 1.19 bits per heavy atom. The summed E-state index contributed by atoms with van der Waals surface area (Å²) in [6.07, 6.45) is 5.17. The van der Waals surface area contributed by atoms with Crippen molar-refractivity contribution in [2.75, 3.05) is 23.7 Å². The lowest BCUT2D eigenvalue weighted by molar-refractivity contribution is 0.785. The number of fused-ring (bicyclic) bond motifs is 1. The number of rotatable bonds is 7. The second kappa shape index (κ2) is 8.48. The van der Waals surface area contributed by atoms with Gasteiger partial charge in [0.25, 0.3) is 0 Å². The topological polar surface area (TPSA) is 106 Å². The second-order valence-electron chi connectivity index (χ2n) is 6.20. The summed E-state index contributed by atoms with van der Waals surface area (Å²) < 4.78 is 1.72. The molecule has 2 heterocycles. The molecule has 0 radical (unpaired) electrons. The normalized spacial score (nSPS) is 11.7. The van der Waals surface area contributed by atoms with Crippen molar-refractivity contribution in [1.82, 2.24) is 19.7 Å². The standard InChI is InChI=1S/C19H26N8/c1-4-13-7-6-8-14(5-2)16(13)26-19(20)22-10-9-21-17-15-11-25-27(3)18(15)24-12-23-17/h6-8,11-12H,4-5,9-10H2,1-3H3,(H3,20,22,26)(H,21,23,24). The molecule has 0 spiro atoms. The molecular weight excluding hydrogens is 340 g/mol. The molecule has 1 aromatic carbocycles. The first kappa shape index (κ1) is 18.6. The van der Waals surface area contributed by atoms with Crippen LogP contribution in [0.5, 0.6) is 0 Å². The summed E-state index contributed by atoms with van der Waals surface area (Å²) in [5.41, 5.74) is 10.4. The van der Waals surface area contributed by atoms with Crippen molar-refractivity contribution in [3.8, 4) is 0 Å². The lowest BCUT2D eigenvalue weighted by Gasteiger charge is -2.15. The largest absolute Gasteiger partial charge is 0.370 e. The van der Waals surface area contributed by atoms with E-state index in [1.807, 2.05) is 7.05 Å². The van der Waals surface area contributed by atoms with Gasteiger partial charge in [0.1, 0.15) is 12.1 Å². The molecule has 4 N–H and O–H groups in total. The van der Waals surface area contributed by atoms with Gasteiger partial charge >= 0.3 is 0 Å². The third-order valence-corrected chi connectivity index (χ3v) is 4.47. The molecule has 0 unspecified atom stereocenters. The zero-order valence-electron chi connectivity index (χ0n) is 16.0. The molecule has 0 amide bonds. The van der Waals surface area contributed by atoms with Gasteiger partial charge in [-0.15, -0.1) is 0 Å². The van der Waals surface area contributed by atoms with Crippen molar-refractivity contribution >= 4 is 28.5 Å². The smallest absolute Gasteiger partial charge is 0.193 e. The number of para-hydroxylation sites is 1. The summed E-state index contributed by atoms with van der Waals surface area (Å²) in [5, 5.41) is 11.6. The summed E-state index contributed by atoms with van der Waals surface area (Å²) in [6.45, 7) is 5.41. The molecule has 0 atom stereocenters. The Morgan fingerprint density at radius 2 is 1.93 bits per heavy atom. The second-order valence-corrected chi connectivity index (χ2v) is 6.20. The predicted molar refractivity (Wildman–Crippen MR) is 110 cm³/mol. The summed E-state index contributed by atoms with van der Waals surface area (Å²) in [5.74, 6) is 1.17. The molecule has 0 saturated heterocycles. The van der Waals surface area contributed by atoms with Crippen LogP contribution in [0.2, 0.25) is 0 Å². The highest BCUT2D eigenvalue weighted by Gasteiger charge is 2.08. The number of anilines is 2. The van der Waals surface area contributed by atoms with Crippen molar-refractivity contribution in [3.63, 3.8) is 0 Å². The number of hydrogen-bond donors (Lipinski definition) is 3. The summed E-state index contributed by atoms with van der Waals surface area (Å²) >= 11 is 0. The Kier molecular flexibility index (Phi) is 5.85.